The van der Waals surface area contributed by atoms with Crippen LogP contribution in [0.4, 0.5) is 11.4 Å². The summed E-state index contributed by atoms with van der Waals surface area (Å²) in [4.78, 5) is 20.2. The van der Waals surface area contributed by atoms with Crippen molar-refractivity contribution in [2.24, 2.45) is 4.99 Å². The van der Waals surface area contributed by atoms with Crippen molar-refractivity contribution >= 4 is 62.1 Å². The van der Waals surface area contributed by atoms with Gasteiger partial charge in [0, 0.05) is 27.8 Å². The lowest BCUT2D eigenvalue weighted by Crippen LogP contribution is -2.21. The molecular weight excluding hydrogens is 498 g/mol. The fraction of sp³-hybridized carbons (Fsp3) is 0. The van der Waals surface area contributed by atoms with E-state index in [9.17, 15) is 4.79 Å². The van der Waals surface area contributed by atoms with Crippen LogP contribution in [0.15, 0.2) is 143 Å². The highest BCUT2D eigenvalue weighted by molar-refractivity contribution is 8.18. The molecule has 1 aliphatic heterocycles. The first-order valence-corrected chi connectivity index (χ1v) is 13.6. The summed E-state index contributed by atoms with van der Waals surface area (Å²) in [6, 6.07) is 45.3. The Kier molecular flexibility index (Phi) is 5.83. The van der Waals surface area contributed by atoms with Crippen molar-refractivity contribution in [2.45, 2.75) is 0 Å². The molecule has 2 heterocycles. The largest absolute Gasteiger partial charge is 0.309 e. The zero-order valence-corrected chi connectivity index (χ0v) is 21.8. The number of amides is 1. The Morgan fingerprint density at radius 3 is 1.92 bits per heavy atom. The minimum Gasteiger partial charge on any atom is -0.309 e. The average molecular weight is 522 g/mol. The molecule has 186 valence electrons. The normalized spacial score (nSPS) is 14.3. The quantitative estimate of drug-likeness (QED) is 0.218. The molecule has 0 unspecified atom stereocenters. The van der Waals surface area contributed by atoms with Crippen LogP contribution in [0.5, 0.6) is 0 Å². The molecule has 0 saturated heterocycles. The van der Waals surface area contributed by atoms with E-state index >= 15 is 0 Å². The molecule has 1 amide bonds. The lowest BCUT2D eigenvalue weighted by Gasteiger charge is -2.23. The van der Waals surface area contributed by atoms with Gasteiger partial charge in [0.1, 0.15) is 0 Å². The second-order valence-electron chi connectivity index (χ2n) is 9.28. The minimum absolute atomic E-state index is 0.223. The molecule has 0 saturated carbocycles. The minimum atomic E-state index is -0.223. The maximum absolute atomic E-state index is 13.1. The first-order valence-electron chi connectivity index (χ1n) is 12.8. The first kappa shape index (κ1) is 23.3. The van der Waals surface area contributed by atoms with E-state index in [-0.39, 0.29) is 5.91 Å². The van der Waals surface area contributed by atoms with Crippen LogP contribution >= 0.6 is 11.8 Å². The van der Waals surface area contributed by atoms with Crippen molar-refractivity contribution in [1.82, 2.24) is 4.57 Å². The molecule has 7 rings (SSSR count). The van der Waals surface area contributed by atoms with Crippen LogP contribution in [0.25, 0.3) is 33.6 Å². The van der Waals surface area contributed by atoms with Gasteiger partial charge >= 0.3 is 0 Å². The number of hydrogen-bond donors (Lipinski definition) is 0. The van der Waals surface area contributed by atoms with Gasteiger partial charge in [-0.2, -0.15) is 4.99 Å². The third-order valence-electron chi connectivity index (χ3n) is 6.84. The number of fused-ring (bicyclic) bond motifs is 3. The van der Waals surface area contributed by atoms with Gasteiger partial charge in [-0.15, -0.1) is 0 Å². The van der Waals surface area contributed by atoms with Gasteiger partial charge in [0.05, 0.1) is 15.9 Å². The van der Waals surface area contributed by atoms with E-state index in [1.165, 1.54) is 17.1 Å². The molecule has 5 aromatic carbocycles. The number of carbonyl (C=O) groups is 1. The van der Waals surface area contributed by atoms with E-state index < -0.39 is 0 Å². The highest BCUT2D eigenvalue weighted by Gasteiger charge is 2.28. The summed E-state index contributed by atoms with van der Waals surface area (Å²) in [5.74, 6) is -0.223. The Balaban J connectivity index is 1.28. The monoisotopic (exact) mass is 521 g/mol. The molecule has 1 aromatic heterocycles. The van der Waals surface area contributed by atoms with Gasteiger partial charge in [0.15, 0.2) is 5.17 Å². The van der Waals surface area contributed by atoms with Gasteiger partial charge in [0.2, 0.25) is 0 Å². The number of hydrogen-bond acceptors (Lipinski definition) is 3. The molecule has 6 aromatic rings. The number of benzene rings is 5. The molecule has 0 aliphatic carbocycles. The molecular formula is C34H23N3OS. The van der Waals surface area contributed by atoms with E-state index in [4.69, 9.17) is 0 Å². The highest BCUT2D eigenvalue weighted by Crippen LogP contribution is 2.38. The molecule has 0 bridgehead atoms. The third kappa shape index (κ3) is 4.23. The number of carbonyl (C=O) groups excluding carboxylic acids is 1. The molecule has 0 fully saturated rings. The predicted molar refractivity (Wildman–Crippen MR) is 164 cm³/mol. The Bertz CT molecular complexity index is 1850. The number of amidine groups is 1. The van der Waals surface area contributed by atoms with E-state index in [0.717, 1.165) is 39.0 Å². The van der Waals surface area contributed by atoms with Crippen LogP contribution in [0.2, 0.25) is 0 Å². The average Bonchev–Trinajstić information content (AvgIpc) is 3.51. The summed E-state index contributed by atoms with van der Waals surface area (Å²) in [6.45, 7) is 0. The van der Waals surface area contributed by atoms with E-state index in [1.807, 2.05) is 77.7 Å². The van der Waals surface area contributed by atoms with Crippen LogP contribution in [-0.2, 0) is 4.79 Å². The van der Waals surface area contributed by atoms with Gasteiger partial charge in [-0.25, -0.2) is 0 Å². The zero-order valence-electron chi connectivity index (χ0n) is 20.9. The molecule has 39 heavy (non-hydrogen) atoms. The number of rotatable bonds is 4. The van der Waals surface area contributed by atoms with E-state index in [0.29, 0.717) is 10.1 Å². The van der Waals surface area contributed by atoms with Crippen LogP contribution in [0, 0.1) is 0 Å². The van der Waals surface area contributed by atoms with Crippen LogP contribution in [-0.4, -0.2) is 15.6 Å². The van der Waals surface area contributed by atoms with Crippen molar-refractivity contribution in [1.29, 1.82) is 0 Å². The Hall–Kier alpha value is -4.87. The van der Waals surface area contributed by atoms with E-state index in [2.05, 4.69) is 76.3 Å². The van der Waals surface area contributed by atoms with Crippen LogP contribution in [0.1, 0.15) is 5.56 Å². The predicted octanol–water partition coefficient (Wildman–Crippen LogP) is 8.59. The van der Waals surface area contributed by atoms with Crippen molar-refractivity contribution in [3.8, 4) is 5.69 Å². The van der Waals surface area contributed by atoms with Crippen molar-refractivity contribution < 1.29 is 4.79 Å². The maximum atomic E-state index is 13.1. The Labute approximate surface area is 230 Å². The smallest absolute Gasteiger partial charge is 0.286 e. The van der Waals surface area contributed by atoms with Gasteiger partial charge < -0.3 is 4.57 Å². The maximum Gasteiger partial charge on any atom is 0.286 e. The lowest BCUT2D eigenvalue weighted by atomic mass is 10.1. The fourth-order valence-electron chi connectivity index (χ4n) is 5.10. The SMILES string of the molecule is O=C1N=C(N(c2ccccc2)c2ccccc2)S/C1=C/c1ccc2c(c1)c1ccccc1n2-c1ccccc1. The number of aromatic nitrogens is 1. The van der Waals surface area contributed by atoms with Crippen molar-refractivity contribution in [2.75, 3.05) is 4.90 Å². The third-order valence-corrected chi connectivity index (χ3v) is 7.81. The zero-order chi connectivity index (χ0) is 26.2. The number of thioether (sulfide) groups is 1. The summed E-state index contributed by atoms with van der Waals surface area (Å²) in [6.07, 6.45) is 1.95. The van der Waals surface area contributed by atoms with Crippen LogP contribution < -0.4 is 4.90 Å². The molecule has 5 heteroatoms. The van der Waals surface area contributed by atoms with Gasteiger partial charge in [0.25, 0.3) is 5.91 Å². The fourth-order valence-corrected chi connectivity index (χ4v) is 6.06. The molecule has 0 N–H and O–H groups in total. The standard InChI is InChI=1S/C34H23N3OS/c38-33-32(39-34(35-33)36(25-12-4-1-5-13-25)26-14-6-2-7-15-26)23-24-20-21-31-29(22-24)28-18-10-11-19-30(28)37(31)27-16-8-3-9-17-27/h1-23H/b32-23+. The summed E-state index contributed by atoms with van der Waals surface area (Å²) < 4.78 is 2.29. The highest BCUT2D eigenvalue weighted by atomic mass is 32.2. The summed E-state index contributed by atoms with van der Waals surface area (Å²) in [5.41, 5.74) is 6.29. The second kappa shape index (κ2) is 9.78. The topological polar surface area (TPSA) is 37.6 Å². The molecule has 4 nitrogen and oxygen atoms in total. The molecule has 0 spiro atoms. The second-order valence-corrected chi connectivity index (χ2v) is 10.3. The number of nitrogens with zero attached hydrogens (tertiary/aromatic N) is 3. The number of aliphatic imine (C=N–C) groups is 1. The van der Waals surface area contributed by atoms with Gasteiger partial charge in [-0.3, -0.25) is 9.69 Å². The molecule has 0 atom stereocenters. The van der Waals surface area contributed by atoms with Crippen molar-refractivity contribution in [3.05, 3.63) is 144 Å². The summed E-state index contributed by atoms with van der Waals surface area (Å²) >= 11 is 1.40. The van der Waals surface area contributed by atoms with Gasteiger partial charge in [-0.05, 0) is 78.0 Å². The number of anilines is 2. The van der Waals surface area contributed by atoms with Crippen molar-refractivity contribution in [3.63, 3.8) is 0 Å². The van der Waals surface area contributed by atoms with E-state index in [1.54, 1.807) is 0 Å². The van der Waals surface area contributed by atoms with Gasteiger partial charge in [-0.1, -0.05) is 78.9 Å². The molecule has 1 aliphatic rings. The number of para-hydroxylation sites is 4. The Morgan fingerprint density at radius 2 is 1.23 bits per heavy atom. The summed E-state index contributed by atoms with van der Waals surface area (Å²) in [5, 5.41) is 2.97. The lowest BCUT2D eigenvalue weighted by molar-refractivity contribution is -0.113. The molecule has 0 radical (unpaired) electrons. The first-order chi connectivity index (χ1) is 19.3. The Morgan fingerprint density at radius 1 is 0.641 bits per heavy atom. The summed E-state index contributed by atoms with van der Waals surface area (Å²) in [7, 11) is 0. The van der Waals surface area contributed by atoms with Crippen LogP contribution in [0.3, 0.4) is 0 Å².